The molecule has 0 bridgehead atoms. The summed E-state index contributed by atoms with van der Waals surface area (Å²) in [6.45, 7) is 12.4. The van der Waals surface area contributed by atoms with Gasteiger partial charge < -0.3 is 5.73 Å². The van der Waals surface area contributed by atoms with Gasteiger partial charge in [0.15, 0.2) is 5.82 Å². The number of fused-ring (bicyclic) bond motifs is 1. The van der Waals surface area contributed by atoms with Crippen LogP contribution in [0.5, 0.6) is 0 Å². The summed E-state index contributed by atoms with van der Waals surface area (Å²) in [7, 11) is 0. The molecule has 4 rings (SSSR count). The van der Waals surface area contributed by atoms with E-state index in [9.17, 15) is 0 Å². The van der Waals surface area contributed by atoms with E-state index in [4.69, 9.17) is 10.7 Å². The van der Waals surface area contributed by atoms with Gasteiger partial charge >= 0.3 is 0 Å². The Morgan fingerprint density at radius 1 is 1.11 bits per heavy atom. The molecule has 4 nitrogen and oxygen atoms in total. The topological polar surface area (TPSA) is 55.0 Å². The maximum Gasteiger partial charge on any atom is 0.173 e. The molecule has 1 aliphatic rings. The summed E-state index contributed by atoms with van der Waals surface area (Å²) >= 11 is 3.52. The second-order valence-electron chi connectivity index (χ2n) is 9.08. The minimum Gasteiger partial charge on any atom is -0.383 e. The molecule has 2 N–H and O–H groups in total. The van der Waals surface area contributed by atoms with Crippen LogP contribution in [-0.2, 0) is 12.0 Å². The lowest BCUT2D eigenvalue weighted by Gasteiger charge is -2.38. The van der Waals surface area contributed by atoms with E-state index in [1.54, 1.807) is 22.7 Å². The molecule has 0 saturated carbocycles. The van der Waals surface area contributed by atoms with Crippen LogP contribution in [0.1, 0.15) is 63.6 Å². The Labute approximate surface area is 175 Å². The lowest BCUT2D eigenvalue weighted by molar-refractivity contribution is 0.0965. The zero-order valence-corrected chi connectivity index (χ0v) is 19.1. The van der Waals surface area contributed by atoms with E-state index in [0.29, 0.717) is 17.9 Å². The van der Waals surface area contributed by atoms with Gasteiger partial charge in [0.2, 0.25) is 0 Å². The highest BCUT2D eigenvalue weighted by atomic mass is 32.1. The van der Waals surface area contributed by atoms with Crippen LogP contribution < -0.4 is 5.73 Å². The number of hydrogen-bond acceptors (Lipinski definition) is 6. The largest absolute Gasteiger partial charge is 0.383 e. The van der Waals surface area contributed by atoms with Crippen LogP contribution in [0.2, 0.25) is 0 Å². The van der Waals surface area contributed by atoms with Crippen LogP contribution in [0, 0.1) is 0 Å². The van der Waals surface area contributed by atoms with E-state index in [0.717, 1.165) is 27.5 Å². The summed E-state index contributed by atoms with van der Waals surface area (Å²) in [6, 6.07) is 7.77. The fourth-order valence-electron chi connectivity index (χ4n) is 4.01. The first-order chi connectivity index (χ1) is 13.2. The fourth-order valence-corrected chi connectivity index (χ4v) is 6.05. The smallest absolute Gasteiger partial charge is 0.173 e. The van der Waals surface area contributed by atoms with Crippen molar-refractivity contribution in [2.24, 2.45) is 0 Å². The monoisotopic (exact) mass is 414 g/mol. The summed E-state index contributed by atoms with van der Waals surface area (Å²) < 4.78 is 0. The van der Waals surface area contributed by atoms with E-state index < -0.39 is 0 Å². The molecule has 0 amide bonds. The highest BCUT2D eigenvalue weighted by Gasteiger charge is 2.25. The molecule has 150 valence electrons. The molecule has 0 radical (unpaired) electrons. The number of piperidine rings is 1. The van der Waals surface area contributed by atoms with Crippen LogP contribution in [0.15, 0.2) is 18.2 Å². The molecule has 28 heavy (non-hydrogen) atoms. The fraction of sp³-hybridized carbons (Fsp3) is 0.545. The third-order valence-corrected chi connectivity index (χ3v) is 8.27. The summed E-state index contributed by atoms with van der Waals surface area (Å²) in [5.74, 6) is 1.34. The highest BCUT2D eigenvalue weighted by Crippen LogP contribution is 2.37. The maximum absolute atomic E-state index is 6.33. The van der Waals surface area contributed by atoms with Crippen molar-refractivity contribution in [2.45, 2.75) is 77.9 Å². The lowest BCUT2D eigenvalue weighted by Crippen LogP contribution is -2.42. The SMILES string of the molecule is CC1CCC[C@@H](C)N1Cc1cc2c(N)nc(-c3ccc(C(C)(C)C)s3)nc2s1. The number of aromatic nitrogens is 2. The molecule has 1 saturated heterocycles. The van der Waals surface area contributed by atoms with Gasteiger partial charge in [-0.15, -0.1) is 22.7 Å². The van der Waals surface area contributed by atoms with Gasteiger partial charge in [-0.3, -0.25) is 4.90 Å². The van der Waals surface area contributed by atoms with Gasteiger partial charge in [0.05, 0.1) is 10.3 Å². The maximum atomic E-state index is 6.33. The second-order valence-corrected chi connectivity index (χ2v) is 11.3. The normalized spacial score (nSPS) is 21.5. The minimum atomic E-state index is 0.135. The Kier molecular flexibility index (Phi) is 5.23. The quantitative estimate of drug-likeness (QED) is 0.566. The third kappa shape index (κ3) is 3.82. The Morgan fingerprint density at radius 2 is 1.82 bits per heavy atom. The van der Waals surface area contributed by atoms with Crippen molar-refractivity contribution in [3.05, 3.63) is 28.0 Å². The predicted octanol–water partition coefficient (Wildman–Crippen LogP) is 6.06. The van der Waals surface area contributed by atoms with Gasteiger partial charge in [0.1, 0.15) is 10.6 Å². The molecule has 0 spiro atoms. The molecular weight excluding hydrogens is 384 g/mol. The second kappa shape index (κ2) is 7.39. The van der Waals surface area contributed by atoms with Crippen molar-refractivity contribution in [3.63, 3.8) is 0 Å². The summed E-state index contributed by atoms with van der Waals surface area (Å²) in [6.07, 6.45) is 3.91. The summed E-state index contributed by atoms with van der Waals surface area (Å²) in [4.78, 5) is 16.9. The number of nitrogens with zero attached hydrogens (tertiary/aromatic N) is 3. The van der Waals surface area contributed by atoms with Crippen molar-refractivity contribution in [2.75, 3.05) is 5.73 Å². The average Bonchev–Trinajstić information content (AvgIpc) is 3.25. The molecule has 3 aromatic rings. The van der Waals surface area contributed by atoms with Gasteiger partial charge in [0, 0.05) is 28.4 Å². The Balaban J connectivity index is 1.65. The average molecular weight is 415 g/mol. The highest BCUT2D eigenvalue weighted by molar-refractivity contribution is 7.18. The predicted molar refractivity (Wildman–Crippen MR) is 122 cm³/mol. The Hall–Kier alpha value is -1.50. The van der Waals surface area contributed by atoms with Crippen molar-refractivity contribution in [1.29, 1.82) is 0 Å². The van der Waals surface area contributed by atoms with Crippen molar-refractivity contribution in [1.82, 2.24) is 14.9 Å². The number of anilines is 1. The van der Waals surface area contributed by atoms with Crippen LogP contribution >= 0.6 is 22.7 Å². The molecule has 0 aromatic carbocycles. The van der Waals surface area contributed by atoms with Gasteiger partial charge in [-0.05, 0) is 50.3 Å². The molecular formula is C22H30N4S2. The number of rotatable bonds is 3. The molecule has 1 aliphatic heterocycles. The lowest BCUT2D eigenvalue weighted by atomic mass is 9.95. The summed E-state index contributed by atoms with van der Waals surface area (Å²) in [5, 5.41) is 0.994. The van der Waals surface area contributed by atoms with Gasteiger partial charge in [-0.1, -0.05) is 27.2 Å². The van der Waals surface area contributed by atoms with Crippen molar-refractivity contribution < 1.29 is 0 Å². The molecule has 1 unspecified atom stereocenters. The van der Waals surface area contributed by atoms with Crippen LogP contribution in [0.3, 0.4) is 0 Å². The molecule has 1 fully saturated rings. The van der Waals surface area contributed by atoms with E-state index in [1.807, 2.05) is 0 Å². The van der Waals surface area contributed by atoms with Crippen LogP contribution in [0.25, 0.3) is 20.9 Å². The van der Waals surface area contributed by atoms with E-state index in [2.05, 4.69) is 62.7 Å². The first-order valence-corrected chi connectivity index (χ1v) is 11.8. The van der Waals surface area contributed by atoms with E-state index in [-0.39, 0.29) is 5.41 Å². The van der Waals surface area contributed by atoms with E-state index >= 15 is 0 Å². The molecule has 0 aliphatic carbocycles. The number of hydrogen-bond donors (Lipinski definition) is 1. The Bertz CT molecular complexity index is 972. The Morgan fingerprint density at radius 3 is 2.46 bits per heavy atom. The molecule has 4 heterocycles. The molecule has 3 aromatic heterocycles. The summed E-state index contributed by atoms with van der Waals surface area (Å²) in [5.41, 5.74) is 6.47. The zero-order valence-electron chi connectivity index (χ0n) is 17.5. The van der Waals surface area contributed by atoms with Crippen molar-refractivity contribution >= 4 is 38.7 Å². The minimum absolute atomic E-state index is 0.135. The standard InChI is InChI=1S/C22H30N4S2/c1-13-7-6-8-14(2)26(13)12-15-11-16-19(23)24-20(25-21(16)27-15)17-9-10-18(28-17)22(3,4)5/h9-11,13-14H,6-8,12H2,1-5H3,(H2,23,24,25)/t13-,14?/m1/s1. The molecule has 2 atom stereocenters. The number of likely N-dealkylation sites (tertiary alicyclic amines) is 1. The number of nitrogens with two attached hydrogens (primary N) is 1. The van der Waals surface area contributed by atoms with Crippen LogP contribution in [-0.4, -0.2) is 27.0 Å². The third-order valence-electron chi connectivity index (χ3n) is 5.75. The first kappa shape index (κ1) is 19.8. The van der Waals surface area contributed by atoms with Gasteiger partial charge in [0.25, 0.3) is 0 Å². The van der Waals surface area contributed by atoms with E-state index in [1.165, 1.54) is 29.0 Å². The number of thiophene rings is 2. The van der Waals surface area contributed by atoms with Crippen molar-refractivity contribution in [3.8, 4) is 10.7 Å². The molecule has 6 heteroatoms. The van der Waals surface area contributed by atoms with Gasteiger partial charge in [-0.25, -0.2) is 9.97 Å². The zero-order chi connectivity index (χ0) is 20.1. The van der Waals surface area contributed by atoms with Crippen LogP contribution in [0.4, 0.5) is 5.82 Å². The first-order valence-electron chi connectivity index (χ1n) is 10.1. The number of nitrogen functional groups attached to an aromatic ring is 1. The van der Waals surface area contributed by atoms with Gasteiger partial charge in [-0.2, -0.15) is 0 Å².